The number of hydrogen-bond donors (Lipinski definition) is 1. The van der Waals surface area contributed by atoms with Crippen LogP contribution >= 0.6 is 0 Å². The Balaban J connectivity index is 1.67. The second kappa shape index (κ2) is 6.00. The van der Waals surface area contributed by atoms with Crippen molar-refractivity contribution in [2.45, 2.75) is 19.3 Å². The number of carbonyl (C=O) groups is 1. The third-order valence-corrected chi connectivity index (χ3v) is 4.64. The van der Waals surface area contributed by atoms with Crippen molar-refractivity contribution in [3.05, 3.63) is 54.2 Å². The summed E-state index contributed by atoms with van der Waals surface area (Å²) in [7, 11) is 0. The predicted molar refractivity (Wildman–Crippen MR) is 95.7 cm³/mol. The van der Waals surface area contributed by atoms with Crippen LogP contribution in [0.4, 0.5) is 5.69 Å². The van der Waals surface area contributed by atoms with E-state index in [4.69, 9.17) is 5.73 Å². The topological polar surface area (TPSA) is 64.2 Å². The fourth-order valence-electron chi connectivity index (χ4n) is 3.34. The van der Waals surface area contributed by atoms with E-state index < -0.39 is 5.91 Å². The highest BCUT2D eigenvalue weighted by Gasteiger charge is 2.13. The molecule has 1 aliphatic heterocycles. The number of rotatable bonds is 3. The van der Waals surface area contributed by atoms with Gasteiger partial charge in [-0.1, -0.05) is 12.1 Å². The molecule has 1 aliphatic rings. The van der Waals surface area contributed by atoms with Crippen LogP contribution in [0, 0.1) is 0 Å². The summed E-state index contributed by atoms with van der Waals surface area (Å²) in [5.74, 6) is -0.453. The van der Waals surface area contributed by atoms with Gasteiger partial charge in [-0.3, -0.25) is 4.79 Å². The molecule has 0 saturated carbocycles. The van der Waals surface area contributed by atoms with Crippen LogP contribution in [0.5, 0.6) is 0 Å². The average Bonchev–Trinajstić information content (AvgIpc) is 3.06. The van der Waals surface area contributed by atoms with E-state index in [2.05, 4.69) is 34.3 Å². The number of anilines is 1. The van der Waals surface area contributed by atoms with Crippen LogP contribution in [0.2, 0.25) is 0 Å². The third kappa shape index (κ3) is 2.62. The SMILES string of the molecule is NC(=O)c1cccc2cn(-c3ccc(N4CCCCC4)cc3)nc12. The molecule has 0 unspecified atom stereocenters. The lowest BCUT2D eigenvalue weighted by Gasteiger charge is -2.28. The molecule has 122 valence electrons. The van der Waals surface area contributed by atoms with E-state index >= 15 is 0 Å². The molecule has 1 aromatic heterocycles. The first-order valence-corrected chi connectivity index (χ1v) is 8.36. The third-order valence-electron chi connectivity index (χ3n) is 4.64. The number of aromatic nitrogens is 2. The summed E-state index contributed by atoms with van der Waals surface area (Å²) in [6, 6.07) is 13.9. The van der Waals surface area contributed by atoms with Crippen molar-refractivity contribution in [2.75, 3.05) is 18.0 Å². The lowest BCUT2D eigenvalue weighted by atomic mass is 10.1. The number of benzene rings is 2. The Morgan fingerprint density at radius 1 is 0.958 bits per heavy atom. The van der Waals surface area contributed by atoms with Gasteiger partial charge < -0.3 is 10.6 Å². The van der Waals surface area contributed by atoms with Crippen LogP contribution in [0.25, 0.3) is 16.6 Å². The normalized spacial score (nSPS) is 14.9. The highest BCUT2D eigenvalue weighted by atomic mass is 16.1. The van der Waals surface area contributed by atoms with E-state index in [0.29, 0.717) is 11.1 Å². The quantitative estimate of drug-likeness (QED) is 0.806. The largest absolute Gasteiger partial charge is 0.372 e. The van der Waals surface area contributed by atoms with Gasteiger partial charge in [0.15, 0.2) is 0 Å². The van der Waals surface area contributed by atoms with E-state index in [1.54, 1.807) is 10.7 Å². The summed E-state index contributed by atoms with van der Waals surface area (Å²) < 4.78 is 1.80. The molecule has 4 rings (SSSR count). The van der Waals surface area contributed by atoms with Crippen molar-refractivity contribution in [3.8, 4) is 5.69 Å². The Bertz CT molecular complexity index is 876. The highest BCUT2D eigenvalue weighted by Crippen LogP contribution is 2.23. The van der Waals surface area contributed by atoms with Crippen molar-refractivity contribution in [3.63, 3.8) is 0 Å². The predicted octanol–water partition coefficient (Wildman–Crippen LogP) is 3.11. The van der Waals surface area contributed by atoms with Gasteiger partial charge in [0, 0.05) is 30.4 Å². The van der Waals surface area contributed by atoms with Gasteiger partial charge in [0.1, 0.15) is 5.52 Å². The number of primary amides is 1. The molecule has 2 N–H and O–H groups in total. The van der Waals surface area contributed by atoms with Crippen molar-refractivity contribution in [2.24, 2.45) is 5.73 Å². The molecular formula is C19H20N4O. The summed E-state index contributed by atoms with van der Waals surface area (Å²) in [6.45, 7) is 2.26. The number of hydrogen-bond acceptors (Lipinski definition) is 3. The van der Waals surface area contributed by atoms with Crippen LogP contribution in [0.15, 0.2) is 48.7 Å². The van der Waals surface area contributed by atoms with Crippen molar-refractivity contribution in [1.82, 2.24) is 9.78 Å². The summed E-state index contributed by atoms with van der Waals surface area (Å²) in [4.78, 5) is 14.0. The number of amides is 1. The smallest absolute Gasteiger partial charge is 0.250 e. The van der Waals surface area contributed by atoms with Gasteiger partial charge in [0.05, 0.1) is 11.3 Å². The minimum Gasteiger partial charge on any atom is -0.372 e. The number of nitrogens with two attached hydrogens (primary N) is 1. The minimum absolute atomic E-state index is 0.453. The second-order valence-corrected chi connectivity index (χ2v) is 6.25. The zero-order valence-electron chi connectivity index (χ0n) is 13.5. The standard InChI is InChI=1S/C19H20N4O/c20-19(24)17-6-4-5-14-13-23(21-18(14)17)16-9-7-15(8-10-16)22-11-2-1-3-12-22/h4-10,13H,1-3,11-12H2,(H2,20,24). The molecule has 2 heterocycles. The summed E-state index contributed by atoms with van der Waals surface area (Å²) in [6.07, 6.45) is 5.79. The fraction of sp³-hybridized carbons (Fsp3) is 0.263. The lowest BCUT2D eigenvalue weighted by molar-refractivity contribution is 0.100. The Kier molecular flexibility index (Phi) is 3.69. The van der Waals surface area contributed by atoms with Crippen LogP contribution in [0.1, 0.15) is 29.6 Å². The molecular weight excluding hydrogens is 300 g/mol. The molecule has 5 nitrogen and oxygen atoms in total. The summed E-state index contributed by atoms with van der Waals surface area (Å²) >= 11 is 0. The van der Waals surface area contributed by atoms with Crippen molar-refractivity contribution < 1.29 is 4.79 Å². The molecule has 3 aromatic rings. The monoisotopic (exact) mass is 320 g/mol. The van der Waals surface area contributed by atoms with E-state index in [1.165, 1.54) is 24.9 Å². The second-order valence-electron chi connectivity index (χ2n) is 6.25. The van der Waals surface area contributed by atoms with E-state index in [-0.39, 0.29) is 0 Å². The van der Waals surface area contributed by atoms with Gasteiger partial charge in [-0.15, -0.1) is 0 Å². The van der Waals surface area contributed by atoms with Gasteiger partial charge in [-0.25, -0.2) is 4.68 Å². The zero-order chi connectivity index (χ0) is 16.5. The zero-order valence-corrected chi connectivity index (χ0v) is 13.5. The first kappa shape index (κ1) is 14.8. The van der Waals surface area contributed by atoms with E-state index in [1.807, 2.05) is 18.3 Å². The van der Waals surface area contributed by atoms with Gasteiger partial charge >= 0.3 is 0 Å². The molecule has 24 heavy (non-hydrogen) atoms. The van der Waals surface area contributed by atoms with Gasteiger partial charge in [-0.05, 0) is 49.6 Å². The maximum Gasteiger partial charge on any atom is 0.250 e. The number of carbonyl (C=O) groups excluding carboxylic acids is 1. The molecule has 5 heteroatoms. The fourth-order valence-corrected chi connectivity index (χ4v) is 3.34. The molecule has 0 aliphatic carbocycles. The van der Waals surface area contributed by atoms with Crippen molar-refractivity contribution >= 4 is 22.5 Å². The Labute approximate surface area is 140 Å². The van der Waals surface area contributed by atoms with Gasteiger partial charge in [-0.2, -0.15) is 5.10 Å². The maximum absolute atomic E-state index is 11.5. The number of nitrogens with zero attached hydrogens (tertiary/aromatic N) is 3. The molecule has 2 aromatic carbocycles. The Hall–Kier alpha value is -2.82. The van der Waals surface area contributed by atoms with E-state index in [0.717, 1.165) is 24.2 Å². The van der Waals surface area contributed by atoms with Crippen molar-refractivity contribution in [1.29, 1.82) is 0 Å². The van der Waals surface area contributed by atoms with Crippen LogP contribution in [0.3, 0.4) is 0 Å². The van der Waals surface area contributed by atoms with E-state index in [9.17, 15) is 4.79 Å². The van der Waals surface area contributed by atoms with Gasteiger partial charge in [0.25, 0.3) is 5.91 Å². The molecule has 0 radical (unpaired) electrons. The minimum atomic E-state index is -0.453. The van der Waals surface area contributed by atoms with Crippen LogP contribution in [-0.4, -0.2) is 28.8 Å². The van der Waals surface area contributed by atoms with Crippen LogP contribution < -0.4 is 10.6 Å². The molecule has 1 amide bonds. The maximum atomic E-state index is 11.5. The first-order chi connectivity index (χ1) is 11.7. The highest BCUT2D eigenvalue weighted by molar-refractivity contribution is 6.04. The average molecular weight is 320 g/mol. The lowest BCUT2D eigenvalue weighted by Crippen LogP contribution is -2.29. The Morgan fingerprint density at radius 2 is 1.67 bits per heavy atom. The molecule has 0 atom stereocenters. The molecule has 0 bridgehead atoms. The summed E-state index contributed by atoms with van der Waals surface area (Å²) in [5.41, 5.74) is 8.77. The van der Waals surface area contributed by atoms with Crippen LogP contribution in [-0.2, 0) is 0 Å². The number of piperidine rings is 1. The Morgan fingerprint density at radius 3 is 2.38 bits per heavy atom. The summed E-state index contributed by atoms with van der Waals surface area (Å²) in [5, 5.41) is 5.46. The molecule has 1 fully saturated rings. The number of fused-ring (bicyclic) bond motifs is 1. The van der Waals surface area contributed by atoms with Gasteiger partial charge in [0.2, 0.25) is 0 Å². The molecule has 1 saturated heterocycles. The first-order valence-electron chi connectivity index (χ1n) is 8.36. The molecule has 0 spiro atoms.